The number of ether oxygens (including phenoxy) is 2. The first-order chi connectivity index (χ1) is 11.1. The maximum Gasteiger partial charge on any atom is 0.309 e. The second kappa shape index (κ2) is 9.14. The van der Waals surface area contributed by atoms with Crippen LogP contribution in [0.15, 0.2) is 18.2 Å². The molecule has 0 saturated carbocycles. The van der Waals surface area contributed by atoms with Gasteiger partial charge in [-0.2, -0.15) is 0 Å². The van der Waals surface area contributed by atoms with Gasteiger partial charge in [0.05, 0.1) is 38.8 Å². The molecule has 1 fully saturated rings. The van der Waals surface area contributed by atoms with Crippen LogP contribution in [-0.4, -0.2) is 38.8 Å². The van der Waals surface area contributed by atoms with Crippen LogP contribution < -0.4 is 9.64 Å². The van der Waals surface area contributed by atoms with Gasteiger partial charge in [-0.1, -0.05) is 11.6 Å². The molecule has 1 aliphatic heterocycles. The molecule has 23 heavy (non-hydrogen) atoms. The van der Waals surface area contributed by atoms with Gasteiger partial charge < -0.3 is 14.4 Å². The minimum absolute atomic E-state index is 0.0204. The maximum absolute atomic E-state index is 11.7. The lowest BCUT2D eigenvalue weighted by Gasteiger charge is -2.28. The minimum Gasteiger partial charge on any atom is -0.493 e. The van der Waals surface area contributed by atoms with Crippen molar-refractivity contribution in [1.29, 1.82) is 0 Å². The zero-order valence-electron chi connectivity index (χ0n) is 14.1. The molecule has 4 nitrogen and oxygen atoms in total. The number of halogens is 1. The van der Waals surface area contributed by atoms with Crippen LogP contribution in [0.3, 0.4) is 0 Å². The Hall–Kier alpha value is -1.26. The number of likely N-dealkylation sites (tertiary alicyclic amines) is 1. The van der Waals surface area contributed by atoms with Gasteiger partial charge in [0.15, 0.2) is 0 Å². The summed E-state index contributed by atoms with van der Waals surface area (Å²) in [6.45, 7) is 8.21. The van der Waals surface area contributed by atoms with Crippen LogP contribution in [-0.2, 0) is 9.53 Å². The lowest BCUT2D eigenvalue weighted by Crippen LogP contribution is -3.13. The second-order valence-corrected chi connectivity index (χ2v) is 6.55. The highest BCUT2D eigenvalue weighted by Crippen LogP contribution is 2.21. The van der Waals surface area contributed by atoms with Gasteiger partial charge in [-0.3, -0.25) is 4.79 Å². The second-order valence-electron chi connectivity index (χ2n) is 6.14. The van der Waals surface area contributed by atoms with E-state index >= 15 is 0 Å². The fraction of sp³-hybridized carbons (Fsp3) is 0.611. The van der Waals surface area contributed by atoms with E-state index in [2.05, 4.69) is 0 Å². The van der Waals surface area contributed by atoms with E-state index in [0.29, 0.717) is 13.2 Å². The normalized spacial score (nSPS) is 21.0. The van der Waals surface area contributed by atoms with Gasteiger partial charge >= 0.3 is 5.97 Å². The number of hydrogen-bond acceptors (Lipinski definition) is 3. The minimum atomic E-state index is -0.0204. The van der Waals surface area contributed by atoms with Crippen LogP contribution in [0.5, 0.6) is 5.75 Å². The molecule has 0 radical (unpaired) electrons. The zero-order valence-corrected chi connectivity index (χ0v) is 14.8. The van der Waals surface area contributed by atoms with Gasteiger partial charge in [0.2, 0.25) is 0 Å². The number of piperidine rings is 1. The van der Waals surface area contributed by atoms with Gasteiger partial charge in [-0.25, -0.2) is 0 Å². The number of hydrogen-bond donors (Lipinski definition) is 1. The van der Waals surface area contributed by atoms with Crippen LogP contribution in [0.4, 0.5) is 0 Å². The van der Waals surface area contributed by atoms with Gasteiger partial charge in [0.25, 0.3) is 0 Å². The number of esters is 1. The van der Waals surface area contributed by atoms with Crippen LogP contribution in [0.25, 0.3) is 0 Å². The van der Waals surface area contributed by atoms with Gasteiger partial charge in [0.1, 0.15) is 5.75 Å². The standard InChI is InChI=1S/C18H26ClNO3/c1-3-22-18(21)15-7-10-20(11-8-15)9-4-12-23-16-5-6-17(19)14(2)13-16/h5-6,13,15H,3-4,7-12H2,1-2H3/p+1. The molecule has 1 N–H and O–H groups in total. The first-order valence-corrected chi connectivity index (χ1v) is 8.87. The number of carbonyl (C=O) groups is 1. The van der Waals surface area contributed by atoms with E-state index in [1.54, 1.807) is 4.90 Å². The molecule has 0 spiro atoms. The van der Waals surface area contributed by atoms with E-state index < -0.39 is 0 Å². The monoisotopic (exact) mass is 340 g/mol. The highest BCUT2D eigenvalue weighted by atomic mass is 35.5. The number of aryl methyl sites for hydroxylation is 1. The molecule has 1 saturated heterocycles. The van der Waals surface area contributed by atoms with E-state index in [-0.39, 0.29) is 11.9 Å². The van der Waals surface area contributed by atoms with Crippen molar-refractivity contribution in [1.82, 2.24) is 0 Å². The molecule has 0 aliphatic carbocycles. The summed E-state index contributed by atoms with van der Waals surface area (Å²) in [6.07, 6.45) is 2.89. The molecule has 0 bridgehead atoms. The van der Waals surface area contributed by atoms with E-state index in [0.717, 1.165) is 55.2 Å². The van der Waals surface area contributed by atoms with E-state index in [1.807, 2.05) is 32.0 Å². The van der Waals surface area contributed by atoms with Crippen LogP contribution in [0, 0.1) is 12.8 Å². The third kappa shape index (κ3) is 5.70. The Morgan fingerprint density at radius 3 is 2.74 bits per heavy atom. The van der Waals surface area contributed by atoms with Crippen molar-refractivity contribution in [3.63, 3.8) is 0 Å². The van der Waals surface area contributed by atoms with E-state index in [9.17, 15) is 4.79 Å². The molecule has 1 aliphatic rings. The van der Waals surface area contributed by atoms with Gasteiger partial charge in [-0.15, -0.1) is 0 Å². The van der Waals surface area contributed by atoms with Crippen LogP contribution >= 0.6 is 11.6 Å². The number of nitrogens with one attached hydrogen (secondary N) is 1. The molecule has 0 atom stereocenters. The molecule has 0 unspecified atom stereocenters. The molecular formula is C18H27ClNO3+. The quantitative estimate of drug-likeness (QED) is 0.611. The van der Waals surface area contributed by atoms with Crippen molar-refractivity contribution in [2.45, 2.75) is 33.1 Å². The lowest BCUT2D eigenvalue weighted by molar-refractivity contribution is -0.906. The summed E-state index contributed by atoms with van der Waals surface area (Å²) in [5.74, 6) is 0.961. The predicted molar refractivity (Wildman–Crippen MR) is 91.2 cm³/mol. The fourth-order valence-corrected chi connectivity index (χ4v) is 3.11. The molecule has 0 aromatic heterocycles. The number of benzene rings is 1. The Labute approximate surface area is 143 Å². The van der Waals surface area contributed by atoms with Crippen molar-refractivity contribution in [2.24, 2.45) is 5.92 Å². The number of quaternary nitrogens is 1. The van der Waals surface area contributed by atoms with Crippen LogP contribution in [0.1, 0.15) is 31.7 Å². The predicted octanol–water partition coefficient (Wildman–Crippen LogP) is 2.28. The Kier molecular flexibility index (Phi) is 7.18. The van der Waals surface area contributed by atoms with Crippen molar-refractivity contribution >= 4 is 17.6 Å². The highest BCUT2D eigenvalue weighted by Gasteiger charge is 2.27. The SMILES string of the molecule is CCOC(=O)C1CC[NH+](CCCOc2ccc(Cl)c(C)c2)CC1. The molecule has 1 aromatic carbocycles. The summed E-state index contributed by atoms with van der Waals surface area (Å²) in [6, 6.07) is 5.75. The fourth-order valence-electron chi connectivity index (χ4n) is 2.99. The first-order valence-electron chi connectivity index (χ1n) is 8.49. The average molecular weight is 341 g/mol. The van der Waals surface area contributed by atoms with E-state index in [4.69, 9.17) is 21.1 Å². The van der Waals surface area contributed by atoms with Crippen molar-refractivity contribution < 1.29 is 19.2 Å². The molecule has 1 aromatic rings. The largest absolute Gasteiger partial charge is 0.493 e. The molecule has 2 rings (SSSR count). The summed E-state index contributed by atoms with van der Waals surface area (Å²) in [5, 5.41) is 0.770. The van der Waals surface area contributed by atoms with Crippen molar-refractivity contribution in [2.75, 3.05) is 32.8 Å². The first kappa shape index (κ1) is 18.1. The highest BCUT2D eigenvalue weighted by molar-refractivity contribution is 6.31. The number of carbonyl (C=O) groups excluding carboxylic acids is 1. The molecule has 128 valence electrons. The van der Waals surface area contributed by atoms with Crippen molar-refractivity contribution in [3.05, 3.63) is 28.8 Å². The molecular weight excluding hydrogens is 314 g/mol. The molecule has 1 heterocycles. The molecule has 5 heteroatoms. The summed E-state index contributed by atoms with van der Waals surface area (Å²) in [7, 11) is 0. The average Bonchev–Trinajstić information content (AvgIpc) is 2.55. The van der Waals surface area contributed by atoms with Crippen LogP contribution in [0.2, 0.25) is 5.02 Å². The van der Waals surface area contributed by atoms with E-state index in [1.165, 1.54) is 0 Å². The summed E-state index contributed by atoms with van der Waals surface area (Å²) >= 11 is 6.01. The van der Waals surface area contributed by atoms with Gasteiger partial charge in [0, 0.05) is 24.3 Å². The third-order valence-corrected chi connectivity index (χ3v) is 4.81. The van der Waals surface area contributed by atoms with Gasteiger partial charge in [-0.05, 0) is 37.6 Å². The Morgan fingerprint density at radius 2 is 2.09 bits per heavy atom. The Morgan fingerprint density at radius 1 is 1.35 bits per heavy atom. The third-order valence-electron chi connectivity index (χ3n) is 4.39. The Bertz CT molecular complexity index is 513. The topological polar surface area (TPSA) is 40.0 Å². The molecule has 0 amide bonds. The lowest BCUT2D eigenvalue weighted by atomic mass is 9.97. The zero-order chi connectivity index (χ0) is 16.7. The summed E-state index contributed by atoms with van der Waals surface area (Å²) < 4.78 is 10.9. The van der Waals surface area contributed by atoms with Crippen molar-refractivity contribution in [3.8, 4) is 5.75 Å². The summed E-state index contributed by atoms with van der Waals surface area (Å²) in [5.41, 5.74) is 1.04. The summed E-state index contributed by atoms with van der Waals surface area (Å²) in [4.78, 5) is 13.3. The number of rotatable bonds is 7. The smallest absolute Gasteiger partial charge is 0.309 e. The maximum atomic E-state index is 11.7. The Balaban J connectivity index is 1.62.